The summed E-state index contributed by atoms with van der Waals surface area (Å²) < 4.78 is 6.64. The highest BCUT2D eigenvalue weighted by molar-refractivity contribution is 7.16. The number of aliphatic hydroxyl groups is 1. The summed E-state index contributed by atoms with van der Waals surface area (Å²) >= 11 is 7.32. The number of hydrogen-bond acceptors (Lipinski definition) is 5. The van der Waals surface area contributed by atoms with Crippen LogP contribution in [0.5, 0.6) is 5.88 Å². The molecule has 0 bridgehead atoms. The van der Waals surface area contributed by atoms with Gasteiger partial charge in [0.15, 0.2) is 5.96 Å². The first-order valence-corrected chi connectivity index (χ1v) is 10.9. The highest BCUT2D eigenvalue weighted by atomic mass is 35.5. The van der Waals surface area contributed by atoms with Crippen molar-refractivity contribution in [2.45, 2.75) is 51.4 Å². The molecule has 152 valence electrons. The summed E-state index contributed by atoms with van der Waals surface area (Å²) in [5.74, 6) is 1.32. The molecule has 1 saturated carbocycles. The fraction of sp³-hybridized carbons (Fsp3) is 0.500. The van der Waals surface area contributed by atoms with Crippen molar-refractivity contribution in [2.24, 2.45) is 4.99 Å². The van der Waals surface area contributed by atoms with Gasteiger partial charge in [-0.2, -0.15) is 0 Å². The predicted molar refractivity (Wildman–Crippen MR) is 114 cm³/mol. The third-order valence-corrected chi connectivity index (χ3v) is 5.87. The Labute approximate surface area is 175 Å². The lowest BCUT2D eigenvalue weighted by Crippen LogP contribution is -2.39. The summed E-state index contributed by atoms with van der Waals surface area (Å²) in [6.07, 6.45) is 6.10. The van der Waals surface area contributed by atoms with Crippen LogP contribution in [0.4, 0.5) is 0 Å². The van der Waals surface area contributed by atoms with Crippen molar-refractivity contribution >= 4 is 28.9 Å². The van der Waals surface area contributed by atoms with Crippen LogP contribution in [0.3, 0.4) is 0 Å². The smallest absolute Gasteiger partial charge is 0.213 e. The first-order valence-electron chi connectivity index (χ1n) is 9.71. The fourth-order valence-electron chi connectivity index (χ4n) is 3.10. The van der Waals surface area contributed by atoms with Gasteiger partial charge in [0.25, 0.3) is 0 Å². The number of ether oxygens (including phenoxy) is 1. The monoisotopic (exact) mass is 422 g/mol. The van der Waals surface area contributed by atoms with Crippen LogP contribution in [0.1, 0.15) is 49.2 Å². The summed E-state index contributed by atoms with van der Waals surface area (Å²) in [4.78, 5) is 9.75. The number of rotatable bonds is 8. The molecule has 2 aromatic heterocycles. The largest absolute Gasteiger partial charge is 0.474 e. The van der Waals surface area contributed by atoms with E-state index in [1.165, 1.54) is 24.2 Å². The van der Waals surface area contributed by atoms with Gasteiger partial charge in [-0.25, -0.2) is 9.98 Å². The molecule has 28 heavy (non-hydrogen) atoms. The molecule has 0 aromatic carbocycles. The van der Waals surface area contributed by atoms with Crippen LogP contribution < -0.4 is 15.4 Å². The minimum atomic E-state index is -0.631. The van der Waals surface area contributed by atoms with Gasteiger partial charge in [-0.05, 0) is 56.4 Å². The van der Waals surface area contributed by atoms with E-state index in [0.29, 0.717) is 29.3 Å². The van der Waals surface area contributed by atoms with Gasteiger partial charge in [0.1, 0.15) is 12.2 Å². The van der Waals surface area contributed by atoms with Gasteiger partial charge in [0, 0.05) is 30.2 Å². The van der Waals surface area contributed by atoms with Crippen molar-refractivity contribution in [3.8, 4) is 5.88 Å². The van der Waals surface area contributed by atoms with Crippen molar-refractivity contribution in [1.82, 2.24) is 15.6 Å². The normalized spacial score (nSPS) is 16.2. The van der Waals surface area contributed by atoms with E-state index in [1.807, 2.05) is 25.1 Å². The molecular weight excluding hydrogens is 396 g/mol. The van der Waals surface area contributed by atoms with Gasteiger partial charge >= 0.3 is 0 Å². The van der Waals surface area contributed by atoms with Crippen molar-refractivity contribution in [3.05, 3.63) is 45.2 Å². The van der Waals surface area contributed by atoms with Crippen molar-refractivity contribution in [1.29, 1.82) is 0 Å². The number of pyridine rings is 1. The summed E-state index contributed by atoms with van der Waals surface area (Å²) in [7, 11) is 0. The summed E-state index contributed by atoms with van der Waals surface area (Å²) in [6, 6.07) is 7.52. The van der Waals surface area contributed by atoms with Gasteiger partial charge in [-0.3, -0.25) is 0 Å². The van der Waals surface area contributed by atoms with E-state index in [2.05, 4.69) is 20.6 Å². The van der Waals surface area contributed by atoms with E-state index >= 15 is 0 Å². The second-order valence-electron chi connectivity index (χ2n) is 6.76. The highest BCUT2D eigenvalue weighted by Gasteiger charge is 2.17. The summed E-state index contributed by atoms with van der Waals surface area (Å²) in [5, 5.41) is 16.7. The molecule has 3 N–H and O–H groups in total. The SMILES string of the molecule is CCNC(=NCc1ccnc(OC2CCCC2)c1)NCC(O)c1ccc(Cl)s1. The molecule has 6 nitrogen and oxygen atoms in total. The van der Waals surface area contributed by atoms with Crippen LogP contribution in [0.15, 0.2) is 35.5 Å². The number of aromatic nitrogens is 1. The minimum Gasteiger partial charge on any atom is -0.474 e. The second kappa shape index (κ2) is 10.6. The number of hydrogen-bond donors (Lipinski definition) is 3. The summed E-state index contributed by atoms with van der Waals surface area (Å²) in [6.45, 7) is 3.60. The minimum absolute atomic E-state index is 0.289. The van der Waals surface area contributed by atoms with E-state index in [-0.39, 0.29) is 6.10 Å². The quantitative estimate of drug-likeness (QED) is 0.444. The number of halogens is 1. The molecule has 8 heteroatoms. The van der Waals surface area contributed by atoms with Gasteiger partial charge in [-0.15, -0.1) is 11.3 Å². The van der Waals surface area contributed by atoms with Crippen LogP contribution >= 0.6 is 22.9 Å². The molecule has 0 amide bonds. The maximum absolute atomic E-state index is 10.3. The van der Waals surface area contributed by atoms with E-state index in [1.54, 1.807) is 12.3 Å². The topological polar surface area (TPSA) is 78.8 Å². The van der Waals surface area contributed by atoms with Crippen LogP contribution in [0.25, 0.3) is 0 Å². The molecule has 1 aliphatic rings. The number of aliphatic hydroxyl groups excluding tert-OH is 1. The molecular formula is C20H27ClN4O2S. The third kappa shape index (κ3) is 6.36. The predicted octanol–water partition coefficient (Wildman–Crippen LogP) is 3.91. The van der Waals surface area contributed by atoms with Gasteiger partial charge in [-0.1, -0.05) is 11.6 Å². The number of guanidine groups is 1. The number of aliphatic imine (C=N–C) groups is 1. The zero-order valence-electron chi connectivity index (χ0n) is 16.0. The number of nitrogens with zero attached hydrogens (tertiary/aromatic N) is 2. The van der Waals surface area contributed by atoms with Crippen LogP contribution in [-0.2, 0) is 6.54 Å². The Morgan fingerprint density at radius 1 is 1.36 bits per heavy atom. The van der Waals surface area contributed by atoms with Crippen LogP contribution in [0.2, 0.25) is 4.34 Å². The van der Waals surface area contributed by atoms with Gasteiger partial charge in [0.05, 0.1) is 10.9 Å². The molecule has 1 fully saturated rings. The van der Waals surface area contributed by atoms with Crippen LogP contribution in [0, 0.1) is 0 Å². The number of thiophene rings is 1. The molecule has 0 spiro atoms. The van der Waals surface area contributed by atoms with Crippen molar-refractivity contribution in [3.63, 3.8) is 0 Å². The zero-order valence-corrected chi connectivity index (χ0v) is 17.6. The highest BCUT2D eigenvalue weighted by Crippen LogP contribution is 2.26. The Hall–Kier alpha value is -1.83. The van der Waals surface area contributed by atoms with E-state index in [4.69, 9.17) is 16.3 Å². The molecule has 2 aromatic rings. The van der Waals surface area contributed by atoms with Crippen LogP contribution in [-0.4, -0.2) is 35.2 Å². The average molecular weight is 423 g/mol. The first-order chi connectivity index (χ1) is 13.6. The lowest BCUT2D eigenvalue weighted by Gasteiger charge is -2.15. The molecule has 0 radical (unpaired) electrons. The Balaban J connectivity index is 1.56. The first kappa shape index (κ1) is 20.9. The van der Waals surface area contributed by atoms with Crippen molar-refractivity contribution < 1.29 is 9.84 Å². The summed E-state index contributed by atoms with van der Waals surface area (Å²) in [5.41, 5.74) is 1.03. The Bertz CT molecular complexity index is 777. The Morgan fingerprint density at radius 3 is 2.89 bits per heavy atom. The van der Waals surface area contributed by atoms with Crippen molar-refractivity contribution in [2.75, 3.05) is 13.1 Å². The maximum atomic E-state index is 10.3. The molecule has 1 aliphatic carbocycles. The maximum Gasteiger partial charge on any atom is 0.213 e. The molecule has 1 atom stereocenters. The number of nitrogens with one attached hydrogen (secondary N) is 2. The standard InChI is InChI=1S/C20H27ClN4O2S/c1-2-22-20(25-13-16(26)17-7-8-18(21)28-17)24-12-14-9-10-23-19(11-14)27-15-5-3-4-6-15/h7-11,15-16,26H,2-6,12-13H2,1H3,(H2,22,24,25). The molecule has 3 rings (SSSR count). The second-order valence-corrected chi connectivity index (χ2v) is 8.51. The average Bonchev–Trinajstić information content (AvgIpc) is 3.36. The zero-order chi connectivity index (χ0) is 19.8. The van der Waals surface area contributed by atoms with Gasteiger partial charge < -0.3 is 20.5 Å². The Kier molecular flexibility index (Phi) is 7.94. The molecule has 2 heterocycles. The molecule has 0 aliphatic heterocycles. The fourth-order valence-corrected chi connectivity index (χ4v) is 4.15. The Morgan fingerprint density at radius 2 is 2.18 bits per heavy atom. The lowest BCUT2D eigenvalue weighted by atomic mass is 10.2. The molecule has 0 saturated heterocycles. The lowest BCUT2D eigenvalue weighted by molar-refractivity contribution is 0.184. The van der Waals surface area contributed by atoms with E-state index in [9.17, 15) is 5.11 Å². The molecule has 1 unspecified atom stereocenters. The van der Waals surface area contributed by atoms with E-state index < -0.39 is 6.10 Å². The third-order valence-electron chi connectivity index (χ3n) is 4.54. The van der Waals surface area contributed by atoms with Gasteiger partial charge in [0.2, 0.25) is 5.88 Å². The van der Waals surface area contributed by atoms with E-state index in [0.717, 1.165) is 29.8 Å².